The van der Waals surface area contributed by atoms with Crippen LogP contribution in [0.1, 0.15) is 23.7 Å². The third-order valence-electron chi connectivity index (χ3n) is 3.16. The number of carboxylic acid groups (broad SMARTS) is 1. The Labute approximate surface area is 128 Å². The van der Waals surface area contributed by atoms with Gasteiger partial charge in [-0.1, -0.05) is 0 Å². The lowest BCUT2D eigenvalue weighted by Crippen LogP contribution is -2.28. The minimum absolute atomic E-state index is 0.165. The number of hydrogen-bond acceptors (Lipinski definition) is 5. The Bertz CT molecular complexity index is 569. The van der Waals surface area contributed by atoms with Gasteiger partial charge in [0.15, 0.2) is 0 Å². The fraction of sp³-hybridized carbons (Fsp3) is 0.400. The van der Waals surface area contributed by atoms with E-state index in [2.05, 4.69) is 10.4 Å². The molecule has 0 aliphatic carbocycles. The maximum Gasteiger partial charge on any atom is 0.329 e. The highest BCUT2D eigenvalue weighted by Gasteiger charge is 2.13. The van der Waals surface area contributed by atoms with Gasteiger partial charge in [0.25, 0.3) is 5.91 Å². The molecule has 22 heavy (non-hydrogen) atoms. The molecule has 0 saturated heterocycles. The zero-order valence-electron chi connectivity index (χ0n) is 12.4. The molecular weight excluding hydrogens is 286 g/mol. The molecule has 1 heterocycles. The van der Waals surface area contributed by atoms with Crippen LogP contribution in [0.3, 0.4) is 0 Å². The van der Waals surface area contributed by atoms with Gasteiger partial charge >= 0.3 is 5.97 Å². The number of ether oxygens (including phenoxy) is 1. The van der Waals surface area contributed by atoms with Gasteiger partial charge in [0, 0.05) is 30.8 Å². The number of anilines is 1. The van der Waals surface area contributed by atoms with Crippen molar-refractivity contribution in [3.05, 3.63) is 29.8 Å². The molecular formula is C15H19N3O4. The number of aliphatic carboxylic acids is 1. The van der Waals surface area contributed by atoms with E-state index in [-0.39, 0.29) is 25.7 Å². The molecule has 1 aromatic rings. The standard InChI is InChI=1S/C15H19N3O4/c1-11-6-8-18(17-11)13-4-2-12(3-5-13)15(21)16-7-9-22-10-14(19)20/h2-5H,6-10H2,1H3,(H,16,21)(H,19,20). The van der Waals surface area contributed by atoms with Gasteiger partial charge in [0.1, 0.15) is 6.61 Å². The molecule has 1 aromatic carbocycles. The highest BCUT2D eigenvalue weighted by molar-refractivity contribution is 5.94. The summed E-state index contributed by atoms with van der Waals surface area (Å²) in [5, 5.41) is 17.4. The van der Waals surface area contributed by atoms with Crippen molar-refractivity contribution in [3.8, 4) is 0 Å². The highest BCUT2D eigenvalue weighted by atomic mass is 16.5. The first-order chi connectivity index (χ1) is 10.6. The Hall–Kier alpha value is -2.41. The van der Waals surface area contributed by atoms with E-state index < -0.39 is 5.97 Å². The summed E-state index contributed by atoms with van der Waals surface area (Å²) < 4.78 is 4.84. The second kappa shape index (κ2) is 7.56. The number of carbonyl (C=O) groups excluding carboxylic acids is 1. The van der Waals surface area contributed by atoms with Crippen molar-refractivity contribution < 1.29 is 19.4 Å². The van der Waals surface area contributed by atoms with Crippen LogP contribution in [-0.2, 0) is 9.53 Å². The molecule has 7 heteroatoms. The summed E-state index contributed by atoms with van der Waals surface area (Å²) in [6.45, 7) is 2.92. The third kappa shape index (κ3) is 4.56. The number of amides is 1. The second-order valence-electron chi connectivity index (χ2n) is 4.96. The van der Waals surface area contributed by atoms with Gasteiger partial charge < -0.3 is 15.2 Å². The lowest BCUT2D eigenvalue weighted by molar-refractivity contribution is -0.142. The first-order valence-electron chi connectivity index (χ1n) is 7.05. The predicted molar refractivity (Wildman–Crippen MR) is 82.3 cm³/mol. The van der Waals surface area contributed by atoms with Crippen molar-refractivity contribution in [1.82, 2.24) is 5.32 Å². The quantitative estimate of drug-likeness (QED) is 0.736. The number of carboxylic acids is 1. The smallest absolute Gasteiger partial charge is 0.329 e. The minimum Gasteiger partial charge on any atom is -0.480 e. The van der Waals surface area contributed by atoms with E-state index in [1.807, 2.05) is 24.1 Å². The van der Waals surface area contributed by atoms with Crippen molar-refractivity contribution >= 4 is 23.3 Å². The summed E-state index contributed by atoms with van der Waals surface area (Å²) in [7, 11) is 0. The van der Waals surface area contributed by atoms with E-state index in [9.17, 15) is 9.59 Å². The molecule has 0 saturated carbocycles. The Morgan fingerprint density at radius 3 is 2.68 bits per heavy atom. The molecule has 0 atom stereocenters. The van der Waals surface area contributed by atoms with Crippen LogP contribution < -0.4 is 10.3 Å². The predicted octanol–water partition coefficient (Wildman–Crippen LogP) is 1.10. The molecule has 2 rings (SSSR count). The van der Waals surface area contributed by atoms with E-state index in [4.69, 9.17) is 9.84 Å². The maximum atomic E-state index is 11.9. The van der Waals surface area contributed by atoms with E-state index >= 15 is 0 Å². The average molecular weight is 305 g/mol. The largest absolute Gasteiger partial charge is 0.480 e. The molecule has 118 valence electrons. The molecule has 1 aliphatic heterocycles. The molecule has 0 radical (unpaired) electrons. The number of nitrogens with zero attached hydrogens (tertiary/aromatic N) is 2. The van der Waals surface area contributed by atoms with Crippen LogP contribution in [-0.4, -0.2) is 49.0 Å². The van der Waals surface area contributed by atoms with E-state index in [1.54, 1.807) is 12.1 Å². The lowest BCUT2D eigenvalue weighted by atomic mass is 10.2. The molecule has 0 spiro atoms. The minimum atomic E-state index is -1.03. The average Bonchev–Trinajstić information content (AvgIpc) is 2.93. The second-order valence-corrected chi connectivity index (χ2v) is 4.96. The zero-order valence-corrected chi connectivity index (χ0v) is 12.4. The molecule has 7 nitrogen and oxygen atoms in total. The van der Waals surface area contributed by atoms with Gasteiger partial charge in [-0.3, -0.25) is 9.80 Å². The fourth-order valence-corrected chi connectivity index (χ4v) is 2.04. The van der Waals surface area contributed by atoms with Gasteiger partial charge in [-0.05, 0) is 31.2 Å². The molecule has 0 aromatic heterocycles. The van der Waals surface area contributed by atoms with Gasteiger partial charge in [0.05, 0.1) is 12.3 Å². The van der Waals surface area contributed by atoms with Crippen LogP contribution in [0.5, 0.6) is 0 Å². The van der Waals surface area contributed by atoms with Crippen LogP contribution in [0.2, 0.25) is 0 Å². The first-order valence-corrected chi connectivity index (χ1v) is 7.05. The topological polar surface area (TPSA) is 91.2 Å². The third-order valence-corrected chi connectivity index (χ3v) is 3.16. The van der Waals surface area contributed by atoms with Crippen molar-refractivity contribution in [3.63, 3.8) is 0 Å². The number of carbonyl (C=O) groups is 2. The molecule has 2 N–H and O–H groups in total. The van der Waals surface area contributed by atoms with Crippen molar-refractivity contribution in [1.29, 1.82) is 0 Å². The van der Waals surface area contributed by atoms with Crippen molar-refractivity contribution in [2.75, 3.05) is 31.3 Å². The first kappa shape index (κ1) is 16.0. The molecule has 0 bridgehead atoms. The number of nitrogens with one attached hydrogen (secondary N) is 1. The van der Waals surface area contributed by atoms with E-state index in [1.165, 1.54) is 0 Å². The Balaban J connectivity index is 1.80. The summed E-state index contributed by atoms with van der Waals surface area (Å²) in [6.07, 6.45) is 0.957. The van der Waals surface area contributed by atoms with Crippen LogP contribution in [0, 0.1) is 0 Å². The number of benzene rings is 1. The van der Waals surface area contributed by atoms with E-state index in [0.717, 1.165) is 24.4 Å². The normalized spacial score (nSPS) is 13.9. The summed E-state index contributed by atoms with van der Waals surface area (Å²) >= 11 is 0. The van der Waals surface area contributed by atoms with Crippen LogP contribution in [0.25, 0.3) is 0 Å². The van der Waals surface area contributed by atoms with Gasteiger partial charge in [0.2, 0.25) is 0 Å². The number of hydrogen-bond donors (Lipinski definition) is 2. The summed E-state index contributed by atoms with van der Waals surface area (Å²) in [6, 6.07) is 7.20. The fourth-order valence-electron chi connectivity index (χ4n) is 2.04. The molecule has 1 amide bonds. The number of hydrazone groups is 1. The van der Waals surface area contributed by atoms with Gasteiger partial charge in [-0.15, -0.1) is 0 Å². The summed E-state index contributed by atoms with van der Waals surface area (Å²) in [5.74, 6) is -1.24. The summed E-state index contributed by atoms with van der Waals surface area (Å²) in [4.78, 5) is 22.2. The Kier molecular flexibility index (Phi) is 5.48. The van der Waals surface area contributed by atoms with Crippen molar-refractivity contribution in [2.24, 2.45) is 5.10 Å². The lowest BCUT2D eigenvalue weighted by Gasteiger charge is -2.14. The number of rotatable bonds is 7. The molecule has 1 aliphatic rings. The van der Waals surface area contributed by atoms with Crippen LogP contribution in [0.4, 0.5) is 5.69 Å². The van der Waals surface area contributed by atoms with Gasteiger partial charge in [-0.25, -0.2) is 4.79 Å². The Morgan fingerprint density at radius 2 is 2.09 bits per heavy atom. The zero-order chi connectivity index (χ0) is 15.9. The maximum absolute atomic E-state index is 11.9. The summed E-state index contributed by atoms with van der Waals surface area (Å²) in [5.41, 5.74) is 2.60. The van der Waals surface area contributed by atoms with Gasteiger partial charge in [-0.2, -0.15) is 5.10 Å². The van der Waals surface area contributed by atoms with E-state index in [0.29, 0.717) is 5.56 Å². The molecule has 0 unspecified atom stereocenters. The monoisotopic (exact) mass is 305 g/mol. The Morgan fingerprint density at radius 1 is 1.36 bits per heavy atom. The molecule has 0 fully saturated rings. The van der Waals surface area contributed by atoms with Crippen LogP contribution in [0.15, 0.2) is 29.4 Å². The SMILES string of the molecule is CC1=NN(c2ccc(C(=O)NCCOCC(=O)O)cc2)CC1. The van der Waals surface area contributed by atoms with Crippen LogP contribution >= 0.6 is 0 Å². The van der Waals surface area contributed by atoms with Crippen molar-refractivity contribution in [2.45, 2.75) is 13.3 Å². The highest BCUT2D eigenvalue weighted by Crippen LogP contribution is 2.19.